The van der Waals surface area contributed by atoms with Crippen molar-refractivity contribution in [2.75, 3.05) is 13.1 Å². The van der Waals surface area contributed by atoms with E-state index in [0.717, 1.165) is 12.3 Å². The molecule has 0 saturated carbocycles. The molecule has 2 heterocycles. The van der Waals surface area contributed by atoms with Crippen LogP contribution in [-0.2, 0) is 10.0 Å². The largest absolute Gasteiger partial charge is 0.477 e. The minimum atomic E-state index is -3.73. The van der Waals surface area contributed by atoms with Crippen LogP contribution in [-0.4, -0.2) is 53.1 Å². The van der Waals surface area contributed by atoms with E-state index in [0.29, 0.717) is 19.4 Å². The number of nitrogens with zero attached hydrogens (tertiary/aromatic N) is 1. The number of carboxylic acids is 1. The number of β-amino-alcohol motifs (C(OH)–C–C–N with tert-alkyl or cyclic N) is 1. The van der Waals surface area contributed by atoms with Gasteiger partial charge in [-0.3, -0.25) is 0 Å². The summed E-state index contributed by atoms with van der Waals surface area (Å²) in [6.45, 7) is 0.392. The molecule has 1 saturated heterocycles. The normalized spacial score (nSPS) is 21.9. The molecule has 0 bridgehead atoms. The molecular weight excluding hydrogens is 260 g/mol. The van der Waals surface area contributed by atoms with E-state index in [1.165, 1.54) is 4.31 Å². The summed E-state index contributed by atoms with van der Waals surface area (Å²) < 4.78 is 25.5. The number of hydrogen-bond acceptors (Lipinski definition) is 4. The first-order valence-electron chi connectivity index (χ1n) is 5.51. The number of aromatic carboxylic acids is 1. The Labute approximate surface area is 104 Å². The number of aliphatic hydroxyl groups excluding tert-OH is 1. The molecule has 0 radical (unpaired) electrons. The van der Waals surface area contributed by atoms with Crippen molar-refractivity contribution >= 4 is 16.0 Å². The molecule has 8 heteroatoms. The van der Waals surface area contributed by atoms with Gasteiger partial charge in [0.2, 0.25) is 10.0 Å². The van der Waals surface area contributed by atoms with E-state index >= 15 is 0 Å². The van der Waals surface area contributed by atoms with Crippen molar-refractivity contribution in [3.05, 3.63) is 18.0 Å². The molecular formula is C10H14N2O5S. The Balaban J connectivity index is 2.26. The second-order valence-electron chi connectivity index (χ2n) is 4.21. The number of aliphatic hydroxyl groups is 1. The van der Waals surface area contributed by atoms with Crippen molar-refractivity contribution in [3.63, 3.8) is 0 Å². The van der Waals surface area contributed by atoms with Crippen LogP contribution in [0.5, 0.6) is 0 Å². The van der Waals surface area contributed by atoms with Crippen molar-refractivity contribution in [1.82, 2.24) is 9.29 Å². The third-order valence-corrected chi connectivity index (χ3v) is 4.73. The van der Waals surface area contributed by atoms with Crippen LogP contribution in [0.15, 0.2) is 17.2 Å². The van der Waals surface area contributed by atoms with Gasteiger partial charge in [-0.25, -0.2) is 13.2 Å². The van der Waals surface area contributed by atoms with Gasteiger partial charge in [-0.15, -0.1) is 0 Å². The zero-order valence-electron chi connectivity index (χ0n) is 9.54. The standard InChI is InChI=1S/C10H14N2O5S/c13-7-2-1-3-12(6-7)18(16,17)8-4-9(10(14)15)11-5-8/h4-5,7,11,13H,1-3,6H2,(H,14,15). The number of nitrogens with one attached hydrogen (secondary N) is 1. The van der Waals surface area contributed by atoms with Gasteiger partial charge in [0, 0.05) is 19.3 Å². The lowest BCUT2D eigenvalue weighted by molar-refractivity contribution is 0.0691. The van der Waals surface area contributed by atoms with Crippen molar-refractivity contribution in [1.29, 1.82) is 0 Å². The van der Waals surface area contributed by atoms with Crippen LogP contribution in [0.3, 0.4) is 0 Å². The molecule has 1 aromatic rings. The highest BCUT2D eigenvalue weighted by atomic mass is 32.2. The zero-order chi connectivity index (χ0) is 13.3. The van der Waals surface area contributed by atoms with Gasteiger partial charge < -0.3 is 15.2 Å². The molecule has 1 aliphatic rings. The van der Waals surface area contributed by atoms with Crippen LogP contribution in [0.1, 0.15) is 23.3 Å². The number of rotatable bonds is 3. The molecule has 1 atom stereocenters. The second kappa shape index (κ2) is 4.71. The molecule has 0 aromatic carbocycles. The topological polar surface area (TPSA) is 111 Å². The maximum absolute atomic E-state index is 12.2. The molecule has 0 amide bonds. The predicted octanol–water partition coefficient (Wildman–Crippen LogP) is -0.142. The van der Waals surface area contributed by atoms with E-state index < -0.39 is 22.1 Å². The number of piperidine rings is 1. The van der Waals surface area contributed by atoms with E-state index in [2.05, 4.69) is 4.98 Å². The van der Waals surface area contributed by atoms with Gasteiger partial charge in [0.05, 0.1) is 6.10 Å². The second-order valence-corrected chi connectivity index (χ2v) is 6.15. The number of sulfonamides is 1. The van der Waals surface area contributed by atoms with Crippen molar-refractivity contribution in [2.24, 2.45) is 0 Å². The molecule has 7 nitrogen and oxygen atoms in total. The first-order chi connectivity index (χ1) is 8.41. The molecule has 1 aliphatic heterocycles. The average molecular weight is 274 g/mol. The maximum atomic E-state index is 12.2. The smallest absolute Gasteiger partial charge is 0.352 e. The third-order valence-electron chi connectivity index (χ3n) is 2.88. The molecule has 1 unspecified atom stereocenters. The quantitative estimate of drug-likeness (QED) is 0.710. The summed E-state index contributed by atoms with van der Waals surface area (Å²) in [5, 5.41) is 18.2. The molecule has 100 valence electrons. The van der Waals surface area contributed by atoms with E-state index in [-0.39, 0.29) is 17.1 Å². The molecule has 18 heavy (non-hydrogen) atoms. The van der Waals surface area contributed by atoms with Gasteiger partial charge in [-0.2, -0.15) is 4.31 Å². The summed E-state index contributed by atoms with van der Waals surface area (Å²) in [6, 6.07) is 1.08. The molecule has 3 N–H and O–H groups in total. The van der Waals surface area contributed by atoms with Gasteiger partial charge in [0.15, 0.2) is 0 Å². The zero-order valence-corrected chi connectivity index (χ0v) is 10.4. The lowest BCUT2D eigenvalue weighted by atomic mass is 10.1. The third kappa shape index (κ3) is 2.40. The highest BCUT2D eigenvalue weighted by Gasteiger charge is 2.30. The Morgan fingerprint density at radius 3 is 2.78 bits per heavy atom. The van der Waals surface area contributed by atoms with E-state index in [4.69, 9.17) is 5.11 Å². The summed E-state index contributed by atoms with van der Waals surface area (Å²) >= 11 is 0. The van der Waals surface area contributed by atoms with Crippen LogP contribution in [0.25, 0.3) is 0 Å². The van der Waals surface area contributed by atoms with Gasteiger partial charge in [-0.1, -0.05) is 0 Å². The number of hydrogen-bond donors (Lipinski definition) is 3. The van der Waals surface area contributed by atoms with Crippen LogP contribution in [0.4, 0.5) is 0 Å². The lowest BCUT2D eigenvalue weighted by Gasteiger charge is -2.28. The molecule has 1 aromatic heterocycles. The monoisotopic (exact) mass is 274 g/mol. The van der Waals surface area contributed by atoms with Crippen molar-refractivity contribution < 1.29 is 23.4 Å². The summed E-state index contributed by atoms with van der Waals surface area (Å²) in [4.78, 5) is 13.0. The van der Waals surface area contributed by atoms with Crippen LogP contribution < -0.4 is 0 Å². The number of carbonyl (C=O) groups is 1. The average Bonchev–Trinajstić information content (AvgIpc) is 2.79. The highest BCUT2D eigenvalue weighted by molar-refractivity contribution is 7.89. The number of H-pyrrole nitrogens is 1. The van der Waals surface area contributed by atoms with Crippen molar-refractivity contribution in [2.45, 2.75) is 23.8 Å². The van der Waals surface area contributed by atoms with Gasteiger partial charge in [0.25, 0.3) is 0 Å². The number of aromatic amines is 1. The van der Waals surface area contributed by atoms with E-state index in [1.54, 1.807) is 0 Å². The Morgan fingerprint density at radius 1 is 1.50 bits per heavy atom. The minimum Gasteiger partial charge on any atom is -0.477 e. The lowest BCUT2D eigenvalue weighted by Crippen LogP contribution is -2.41. The minimum absolute atomic E-state index is 0.0515. The molecule has 0 aliphatic carbocycles. The number of aromatic nitrogens is 1. The maximum Gasteiger partial charge on any atom is 0.352 e. The molecule has 1 fully saturated rings. The van der Waals surface area contributed by atoms with Crippen LogP contribution in [0.2, 0.25) is 0 Å². The first-order valence-corrected chi connectivity index (χ1v) is 6.95. The van der Waals surface area contributed by atoms with Crippen molar-refractivity contribution in [3.8, 4) is 0 Å². The summed E-state index contributed by atoms with van der Waals surface area (Å²) in [5.41, 5.74) is -0.175. The fourth-order valence-corrected chi connectivity index (χ4v) is 3.45. The summed E-state index contributed by atoms with van der Waals surface area (Å²) in [5.74, 6) is -1.21. The Bertz CT molecular complexity index is 550. The summed E-state index contributed by atoms with van der Waals surface area (Å²) in [7, 11) is -3.73. The molecule has 0 spiro atoms. The van der Waals surface area contributed by atoms with Crippen LogP contribution in [0, 0.1) is 0 Å². The summed E-state index contributed by atoms with van der Waals surface area (Å²) in [6.07, 6.45) is 1.67. The Kier molecular flexibility index (Phi) is 3.42. The predicted molar refractivity (Wildman–Crippen MR) is 61.8 cm³/mol. The van der Waals surface area contributed by atoms with Crippen LogP contribution >= 0.6 is 0 Å². The van der Waals surface area contributed by atoms with Gasteiger partial charge in [-0.05, 0) is 18.9 Å². The van der Waals surface area contributed by atoms with Gasteiger partial charge >= 0.3 is 5.97 Å². The van der Waals surface area contributed by atoms with E-state index in [1.807, 2.05) is 0 Å². The van der Waals surface area contributed by atoms with E-state index in [9.17, 15) is 18.3 Å². The number of carboxylic acid groups (broad SMARTS) is 1. The highest BCUT2D eigenvalue weighted by Crippen LogP contribution is 2.21. The Morgan fingerprint density at radius 2 is 2.22 bits per heavy atom. The Hall–Kier alpha value is -1.38. The molecule has 2 rings (SSSR count). The van der Waals surface area contributed by atoms with Gasteiger partial charge in [0.1, 0.15) is 10.6 Å². The fraction of sp³-hybridized carbons (Fsp3) is 0.500. The SMILES string of the molecule is O=C(O)c1cc(S(=O)(=O)N2CCCC(O)C2)c[nH]1. The fourth-order valence-electron chi connectivity index (χ4n) is 1.94. The first kappa shape index (κ1) is 13.1.